The van der Waals surface area contributed by atoms with Gasteiger partial charge in [0.05, 0.1) is 22.9 Å². The number of amides is 1. The van der Waals surface area contributed by atoms with Crippen molar-refractivity contribution in [1.82, 2.24) is 13.9 Å². The van der Waals surface area contributed by atoms with Crippen molar-refractivity contribution < 1.29 is 26.4 Å². The lowest BCUT2D eigenvalue weighted by Crippen LogP contribution is -2.41. The molecule has 36 heavy (non-hydrogen) atoms. The largest absolute Gasteiger partial charge is 0.494 e. The summed E-state index contributed by atoms with van der Waals surface area (Å²) in [5.74, 6) is 0.218. The quantitative estimate of drug-likeness (QED) is 0.445. The molecule has 9 nitrogen and oxygen atoms in total. The minimum absolute atomic E-state index is 0.113. The molecule has 1 heterocycles. The van der Waals surface area contributed by atoms with E-state index in [9.17, 15) is 21.6 Å². The average Bonchev–Trinajstić information content (AvgIpc) is 3.40. The van der Waals surface area contributed by atoms with Gasteiger partial charge in [0.15, 0.2) is 0 Å². The lowest BCUT2D eigenvalue weighted by molar-refractivity contribution is -0.121. The highest BCUT2D eigenvalue weighted by Gasteiger charge is 2.27. The molecule has 1 aliphatic rings. The summed E-state index contributed by atoms with van der Waals surface area (Å²) >= 11 is 0. The average molecular weight is 538 g/mol. The molecular formula is C25H35N3O6S2. The van der Waals surface area contributed by atoms with E-state index in [2.05, 4.69) is 5.32 Å². The number of sulfonamides is 2. The van der Waals surface area contributed by atoms with Gasteiger partial charge in [-0.05, 0) is 74.6 Å². The molecule has 2 aromatic rings. The zero-order chi connectivity index (χ0) is 26.3. The van der Waals surface area contributed by atoms with E-state index in [0.29, 0.717) is 44.0 Å². The molecule has 198 valence electrons. The van der Waals surface area contributed by atoms with Gasteiger partial charge in [0, 0.05) is 26.2 Å². The molecule has 1 saturated heterocycles. The molecule has 1 N–H and O–H groups in total. The van der Waals surface area contributed by atoms with E-state index in [-0.39, 0.29) is 22.9 Å². The third-order valence-electron chi connectivity index (χ3n) is 6.12. The Kier molecular flexibility index (Phi) is 9.51. The molecule has 3 rings (SSSR count). The Morgan fingerprint density at radius 3 is 2.22 bits per heavy atom. The topological polar surface area (TPSA) is 113 Å². The van der Waals surface area contributed by atoms with Crippen LogP contribution >= 0.6 is 0 Å². The van der Waals surface area contributed by atoms with E-state index >= 15 is 0 Å². The van der Waals surface area contributed by atoms with Gasteiger partial charge in [-0.15, -0.1) is 0 Å². The van der Waals surface area contributed by atoms with Crippen molar-refractivity contribution in [2.75, 3.05) is 39.3 Å². The predicted molar refractivity (Wildman–Crippen MR) is 138 cm³/mol. The second kappa shape index (κ2) is 12.2. The Hall–Kier alpha value is -2.47. The summed E-state index contributed by atoms with van der Waals surface area (Å²) in [6, 6.07) is 11.3. The number of benzene rings is 2. The highest BCUT2D eigenvalue weighted by atomic mass is 32.2. The van der Waals surface area contributed by atoms with E-state index in [1.165, 1.54) is 10.4 Å². The van der Waals surface area contributed by atoms with Gasteiger partial charge in [-0.3, -0.25) is 4.79 Å². The van der Waals surface area contributed by atoms with E-state index in [0.717, 1.165) is 22.7 Å². The van der Waals surface area contributed by atoms with Crippen LogP contribution in [-0.4, -0.2) is 70.7 Å². The van der Waals surface area contributed by atoms with Crippen LogP contribution in [0.1, 0.15) is 37.8 Å². The Balaban J connectivity index is 1.55. The highest BCUT2D eigenvalue weighted by Crippen LogP contribution is 2.24. The van der Waals surface area contributed by atoms with Gasteiger partial charge >= 0.3 is 0 Å². The minimum atomic E-state index is -3.85. The number of aryl methyl sites for hydroxylation is 1. The second-order valence-electron chi connectivity index (χ2n) is 8.65. The molecule has 11 heteroatoms. The molecule has 0 unspecified atom stereocenters. The maximum absolute atomic E-state index is 13.1. The smallest absolute Gasteiger partial charge is 0.243 e. The number of likely N-dealkylation sites (N-methyl/N-ethyl adjacent to an activating group) is 1. The molecule has 0 aromatic heterocycles. The van der Waals surface area contributed by atoms with Crippen LogP contribution in [0.2, 0.25) is 0 Å². The third kappa shape index (κ3) is 6.64. The van der Waals surface area contributed by atoms with Crippen molar-refractivity contribution in [2.24, 2.45) is 0 Å². The number of hydrogen-bond acceptors (Lipinski definition) is 6. The number of rotatable bonds is 12. The first-order valence-electron chi connectivity index (χ1n) is 12.2. The molecule has 1 fully saturated rings. The Morgan fingerprint density at radius 1 is 1.00 bits per heavy atom. The van der Waals surface area contributed by atoms with Crippen LogP contribution in [-0.2, 0) is 31.3 Å². The van der Waals surface area contributed by atoms with Crippen molar-refractivity contribution in [3.8, 4) is 5.75 Å². The molecule has 0 radical (unpaired) electrons. The van der Waals surface area contributed by atoms with Gasteiger partial charge in [0.1, 0.15) is 5.75 Å². The summed E-state index contributed by atoms with van der Waals surface area (Å²) in [5, 5.41) is 2.75. The summed E-state index contributed by atoms with van der Waals surface area (Å²) in [7, 11) is -7.30. The lowest BCUT2D eigenvalue weighted by atomic mass is 10.1. The molecule has 1 amide bonds. The summed E-state index contributed by atoms with van der Waals surface area (Å²) in [4.78, 5) is 12.9. The number of ether oxygens (including phenoxy) is 1. The summed E-state index contributed by atoms with van der Waals surface area (Å²) in [6.07, 6.45) is 2.26. The van der Waals surface area contributed by atoms with E-state index in [1.807, 2.05) is 6.92 Å². The van der Waals surface area contributed by atoms with Gasteiger partial charge in [-0.1, -0.05) is 19.1 Å². The summed E-state index contributed by atoms with van der Waals surface area (Å²) in [6.45, 7) is 7.07. The van der Waals surface area contributed by atoms with Crippen LogP contribution in [0, 0.1) is 6.92 Å². The van der Waals surface area contributed by atoms with Crippen molar-refractivity contribution in [2.45, 2.75) is 49.8 Å². The Morgan fingerprint density at radius 2 is 1.64 bits per heavy atom. The fourth-order valence-corrected chi connectivity index (χ4v) is 7.09. The van der Waals surface area contributed by atoms with Crippen LogP contribution in [0.4, 0.5) is 0 Å². The fourth-order valence-electron chi connectivity index (χ4n) is 4.08. The van der Waals surface area contributed by atoms with Gasteiger partial charge in [0.25, 0.3) is 0 Å². The van der Waals surface area contributed by atoms with Crippen molar-refractivity contribution in [3.63, 3.8) is 0 Å². The fraction of sp³-hybridized carbons (Fsp3) is 0.480. The molecule has 0 saturated carbocycles. The number of carbonyl (C=O) groups excluding carboxylic acids is 1. The van der Waals surface area contributed by atoms with Gasteiger partial charge in [-0.25, -0.2) is 16.8 Å². The maximum Gasteiger partial charge on any atom is 0.243 e. The zero-order valence-corrected chi connectivity index (χ0v) is 22.7. The number of hydrogen-bond donors (Lipinski definition) is 1. The van der Waals surface area contributed by atoms with Crippen LogP contribution in [0.3, 0.4) is 0 Å². The first-order chi connectivity index (χ1) is 17.1. The van der Waals surface area contributed by atoms with Crippen molar-refractivity contribution in [1.29, 1.82) is 0 Å². The van der Waals surface area contributed by atoms with E-state index in [1.54, 1.807) is 50.2 Å². The summed E-state index contributed by atoms with van der Waals surface area (Å²) in [5.41, 5.74) is 1.58. The normalized spacial score (nSPS) is 14.8. The van der Waals surface area contributed by atoms with E-state index < -0.39 is 26.0 Å². The van der Waals surface area contributed by atoms with Gasteiger partial charge < -0.3 is 10.1 Å². The lowest BCUT2D eigenvalue weighted by Gasteiger charge is -2.21. The van der Waals surface area contributed by atoms with Crippen LogP contribution < -0.4 is 10.1 Å². The molecule has 0 aliphatic carbocycles. The standard InChI is InChI=1S/C25H35N3O6S2/c1-4-27(36(32,33)23-12-13-24(34-5-2)20(3)18-23)19-25(29)26-15-14-21-8-10-22(11-9-21)35(30,31)28-16-6-7-17-28/h8-13,18H,4-7,14-17,19H2,1-3H3,(H,26,29). The molecular weight excluding hydrogens is 502 g/mol. The number of nitrogens with zero attached hydrogens (tertiary/aromatic N) is 2. The van der Waals surface area contributed by atoms with Crippen molar-refractivity contribution in [3.05, 3.63) is 53.6 Å². The zero-order valence-electron chi connectivity index (χ0n) is 21.1. The second-order valence-corrected chi connectivity index (χ2v) is 12.5. The predicted octanol–water partition coefficient (Wildman–Crippen LogP) is 2.55. The molecule has 2 aromatic carbocycles. The third-order valence-corrected chi connectivity index (χ3v) is 9.95. The SMILES string of the molecule is CCOc1ccc(S(=O)(=O)N(CC)CC(=O)NCCc2ccc(S(=O)(=O)N3CCCC3)cc2)cc1C. The molecule has 0 atom stereocenters. The molecule has 0 bridgehead atoms. The van der Waals surface area contributed by atoms with Gasteiger partial charge in [0.2, 0.25) is 26.0 Å². The van der Waals surface area contributed by atoms with Crippen LogP contribution in [0.5, 0.6) is 5.75 Å². The van der Waals surface area contributed by atoms with Crippen molar-refractivity contribution >= 4 is 26.0 Å². The summed E-state index contributed by atoms with van der Waals surface area (Å²) < 4.78 is 59.5. The maximum atomic E-state index is 13.1. The van der Waals surface area contributed by atoms with Crippen LogP contribution in [0.25, 0.3) is 0 Å². The number of carbonyl (C=O) groups is 1. The number of nitrogens with one attached hydrogen (secondary N) is 1. The molecule has 0 spiro atoms. The van der Waals surface area contributed by atoms with Gasteiger partial charge in [-0.2, -0.15) is 8.61 Å². The molecule has 1 aliphatic heterocycles. The first-order valence-corrected chi connectivity index (χ1v) is 15.1. The highest BCUT2D eigenvalue weighted by molar-refractivity contribution is 7.89. The van der Waals surface area contributed by atoms with E-state index in [4.69, 9.17) is 4.74 Å². The Bertz CT molecular complexity index is 1260. The minimum Gasteiger partial charge on any atom is -0.494 e. The Labute approximate surface area is 214 Å². The van der Waals surface area contributed by atoms with Crippen LogP contribution in [0.15, 0.2) is 52.3 Å². The first kappa shape index (κ1) is 28.1. The monoisotopic (exact) mass is 537 g/mol.